The van der Waals surface area contributed by atoms with E-state index >= 15 is 0 Å². The summed E-state index contributed by atoms with van der Waals surface area (Å²) in [4.78, 5) is 27.8. The monoisotopic (exact) mass is 331 g/mol. The molecule has 0 fully saturated rings. The fourth-order valence-electron chi connectivity index (χ4n) is 2.37. The van der Waals surface area contributed by atoms with Gasteiger partial charge in [-0.1, -0.05) is 18.2 Å². The van der Waals surface area contributed by atoms with Crippen LogP contribution in [0.3, 0.4) is 0 Å². The van der Waals surface area contributed by atoms with E-state index < -0.39 is 0 Å². The first kappa shape index (κ1) is 16.4. The summed E-state index contributed by atoms with van der Waals surface area (Å²) in [5.74, 6) is -0.211. The van der Waals surface area contributed by atoms with E-state index in [-0.39, 0.29) is 11.7 Å². The fraction of sp³-hybridized carbons (Fsp3) is 0.0500. The minimum absolute atomic E-state index is 0.0763. The molecule has 1 aromatic heterocycles. The van der Waals surface area contributed by atoms with E-state index in [1.807, 2.05) is 22.9 Å². The van der Waals surface area contributed by atoms with Gasteiger partial charge in [0.25, 0.3) is 5.91 Å². The molecule has 1 N–H and O–H groups in total. The van der Waals surface area contributed by atoms with Crippen LogP contribution >= 0.6 is 0 Å². The van der Waals surface area contributed by atoms with Gasteiger partial charge in [0, 0.05) is 36.3 Å². The predicted octanol–water partition coefficient (Wildman–Crippen LogP) is 3.13. The zero-order valence-electron chi connectivity index (χ0n) is 13.7. The summed E-state index contributed by atoms with van der Waals surface area (Å²) in [6, 6.07) is 14.4. The van der Waals surface area contributed by atoms with E-state index in [0.29, 0.717) is 11.1 Å². The second kappa shape index (κ2) is 7.40. The molecule has 2 aromatic carbocycles. The summed E-state index contributed by atoms with van der Waals surface area (Å²) >= 11 is 0. The number of ketones is 1. The molecule has 0 aliphatic rings. The van der Waals surface area contributed by atoms with Gasteiger partial charge in [0.1, 0.15) is 0 Å². The van der Waals surface area contributed by atoms with Gasteiger partial charge in [-0.2, -0.15) is 0 Å². The number of nitrogens with zero attached hydrogens (tertiary/aromatic N) is 2. The van der Waals surface area contributed by atoms with Crippen LogP contribution in [0.2, 0.25) is 0 Å². The molecular weight excluding hydrogens is 314 g/mol. The third-order valence-electron chi connectivity index (χ3n) is 3.78. The normalized spacial score (nSPS) is 10.8. The third-order valence-corrected chi connectivity index (χ3v) is 3.78. The molecule has 25 heavy (non-hydrogen) atoms. The molecule has 3 rings (SSSR count). The number of amides is 1. The highest BCUT2D eigenvalue weighted by molar-refractivity contribution is 6.07. The molecule has 0 bridgehead atoms. The van der Waals surface area contributed by atoms with Crippen LogP contribution in [-0.2, 0) is 0 Å². The number of hydrogen-bond acceptors (Lipinski definition) is 3. The predicted molar refractivity (Wildman–Crippen MR) is 96.8 cm³/mol. The molecule has 1 heterocycles. The van der Waals surface area contributed by atoms with Gasteiger partial charge >= 0.3 is 0 Å². The average Bonchev–Trinajstić information content (AvgIpc) is 3.21. The summed E-state index contributed by atoms with van der Waals surface area (Å²) < 4.78 is 1.87. The maximum atomic E-state index is 12.3. The highest BCUT2D eigenvalue weighted by Crippen LogP contribution is 2.12. The number of aromatic nitrogens is 2. The van der Waals surface area contributed by atoms with Gasteiger partial charge in [-0.25, -0.2) is 4.98 Å². The van der Waals surface area contributed by atoms with Crippen molar-refractivity contribution in [3.63, 3.8) is 0 Å². The summed E-state index contributed by atoms with van der Waals surface area (Å²) in [6.07, 6.45) is 8.52. The van der Waals surface area contributed by atoms with Crippen molar-refractivity contribution in [3.05, 3.63) is 90.0 Å². The van der Waals surface area contributed by atoms with Crippen molar-refractivity contribution in [1.29, 1.82) is 0 Å². The van der Waals surface area contributed by atoms with Crippen LogP contribution in [0.4, 0.5) is 0 Å². The number of hydrogen-bond donors (Lipinski definition) is 1. The van der Waals surface area contributed by atoms with E-state index in [0.717, 1.165) is 11.3 Å². The van der Waals surface area contributed by atoms with Crippen LogP contribution in [0.25, 0.3) is 11.8 Å². The van der Waals surface area contributed by atoms with Crippen molar-refractivity contribution in [2.24, 2.45) is 0 Å². The Morgan fingerprint density at radius 3 is 2.28 bits per heavy atom. The lowest BCUT2D eigenvalue weighted by atomic mass is 10.1. The molecule has 0 radical (unpaired) electrons. The molecule has 0 saturated carbocycles. The lowest BCUT2D eigenvalue weighted by Gasteiger charge is -2.03. The Hall–Kier alpha value is -3.47. The molecule has 0 aliphatic carbocycles. The number of benzene rings is 2. The Morgan fingerprint density at radius 2 is 1.68 bits per heavy atom. The lowest BCUT2D eigenvalue weighted by molar-refractivity contribution is 0.0962. The van der Waals surface area contributed by atoms with Crippen molar-refractivity contribution in [2.45, 2.75) is 0 Å². The minimum Gasteiger partial charge on any atom is -0.355 e. The minimum atomic E-state index is -0.135. The molecule has 0 aliphatic heterocycles. The van der Waals surface area contributed by atoms with Crippen LogP contribution in [-0.4, -0.2) is 28.3 Å². The molecule has 5 nitrogen and oxygen atoms in total. The van der Waals surface area contributed by atoms with Gasteiger partial charge in [0.05, 0.1) is 6.33 Å². The largest absolute Gasteiger partial charge is 0.355 e. The van der Waals surface area contributed by atoms with Gasteiger partial charge in [0.2, 0.25) is 0 Å². The van der Waals surface area contributed by atoms with Crippen LogP contribution in [0.1, 0.15) is 26.3 Å². The molecule has 1 amide bonds. The number of nitrogens with one attached hydrogen (secondary N) is 1. The Kier molecular flexibility index (Phi) is 4.85. The van der Waals surface area contributed by atoms with E-state index in [9.17, 15) is 9.59 Å². The summed E-state index contributed by atoms with van der Waals surface area (Å²) in [5.41, 5.74) is 3.00. The molecule has 3 aromatic rings. The Balaban J connectivity index is 1.69. The average molecular weight is 331 g/mol. The first-order valence-electron chi connectivity index (χ1n) is 7.80. The van der Waals surface area contributed by atoms with Gasteiger partial charge in [-0.15, -0.1) is 0 Å². The molecule has 5 heteroatoms. The van der Waals surface area contributed by atoms with Crippen molar-refractivity contribution < 1.29 is 9.59 Å². The maximum absolute atomic E-state index is 12.3. The summed E-state index contributed by atoms with van der Waals surface area (Å²) in [6.45, 7) is 0. The number of rotatable bonds is 5. The second-order valence-corrected chi connectivity index (χ2v) is 5.42. The van der Waals surface area contributed by atoms with E-state index in [1.54, 1.807) is 62.0 Å². The summed E-state index contributed by atoms with van der Waals surface area (Å²) in [5, 5.41) is 2.57. The second-order valence-electron chi connectivity index (χ2n) is 5.42. The van der Waals surface area contributed by atoms with Crippen LogP contribution in [0.5, 0.6) is 0 Å². The van der Waals surface area contributed by atoms with E-state index in [1.165, 1.54) is 6.08 Å². The van der Waals surface area contributed by atoms with Crippen molar-refractivity contribution in [1.82, 2.24) is 14.9 Å². The highest BCUT2D eigenvalue weighted by Gasteiger charge is 2.04. The van der Waals surface area contributed by atoms with Crippen LogP contribution in [0, 0.1) is 0 Å². The molecule has 0 atom stereocenters. The zero-order chi connectivity index (χ0) is 17.6. The number of allylic oxidation sites excluding steroid dienone is 1. The highest BCUT2D eigenvalue weighted by atomic mass is 16.1. The maximum Gasteiger partial charge on any atom is 0.251 e. The van der Waals surface area contributed by atoms with E-state index in [4.69, 9.17) is 0 Å². The standard InChI is InChI=1S/C20H17N3O2/c1-21-20(25)17-5-2-15(3-6-17)4-11-19(24)16-7-9-18(10-8-16)23-13-12-22-14-23/h2-14H,1H3,(H,21,25)/b11-4-. The molecule has 124 valence electrons. The zero-order valence-corrected chi connectivity index (χ0v) is 13.7. The van der Waals surface area contributed by atoms with Gasteiger partial charge in [0.15, 0.2) is 5.78 Å². The van der Waals surface area contributed by atoms with Crippen LogP contribution < -0.4 is 5.32 Å². The van der Waals surface area contributed by atoms with E-state index in [2.05, 4.69) is 10.3 Å². The lowest BCUT2D eigenvalue weighted by Crippen LogP contribution is -2.17. The Morgan fingerprint density at radius 1 is 1.00 bits per heavy atom. The first-order chi connectivity index (χ1) is 12.2. The molecule has 0 saturated heterocycles. The van der Waals surface area contributed by atoms with Crippen molar-refractivity contribution in [2.75, 3.05) is 7.05 Å². The SMILES string of the molecule is CNC(=O)c1ccc(/C=C\C(=O)c2ccc(-n3ccnc3)cc2)cc1. The van der Waals surface area contributed by atoms with Crippen LogP contribution in [0.15, 0.2) is 73.3 Å². The topological polar surface area (TPSA) is 64.0 Å². The van der Waals surface area contributed by atoms with Crippen molar-refractivity contribution >= 4 is 17.8 Å². The number of carbonyl (C=O) groups is 2. The Bertz CT molecular complexity index is 893. The number of carbonyl (C=O) groups excluding carboxylic acids is 2. The number of imidazole rings is 1. The van der Waals surface area contributed by atoms with Gasteiger partial charge in [-0.3, -0.25) is 9.59 Å². The summed E-state index contributed by atoms with van der Waals surface area (Å²) in [7, 11) is 1.59. The quantitative estimate of drug-likeness (QED) is 0.577. The van der Waals surface area contributed by atoms with Crippen molar-refractivity contribution in [3.8, 4) is 5.69 Å². The molecular formula is C20H17N3O2. The first-order valence-corrected chi connectivity index (χ1v) is 7.80. The molecule has 0 unspecified atom stereocenters. The van der Waals surface area contributed by atoms with Gasteiger partial charge in [-0.05, 0) is 48.0 Å². The smallest absolute Gasteiger partial charge is 0.251 e. The molecule has 0 spiro atoms. The van der Waals surface area contributed by atoms with Gasteiger partial charge < -0.3 is 9.88 Å². The third kappa shape index (κ3) is 3.90. The Labute approximate surface area is 145 Å². The fourth-order valence-corrected chi connectivity index (χ4v) is 2.37.